The molecule has 1 N–H and O–H groups in total. The van der Waals surface area contributed by atoms with E-state index < -0.39 is 0 Å². The molecule has 0 spiro atoms. The fourth-order valence-corrected chi connectivity index (χ4v) is 1.96. The molecule has 0 radical (unpaired) electrons. The van der Waals surface area contributed by atoms with Crippen LogP contribution in [0.4, 0.5) is 0 Å². The summed E-state index contributed by atoms with van der Waals surface area (Å²) in [6, 6.07) is 2.02. The molecule has 3 heteroatoms. The molecule has 0 bridgehead atoms. The Morgan fingerprint density at radius 2 is 2.50 bits per heavy atom. The number of aromatic nitrogens is 2. The van der Waals surface area contributed by atoms with E-state index in [0.717, 1.165) is 18.2 Å². The largest absolute Gasteiger partial charge is 0.316 e. The van der Waals surface area contributed by atoms with Crippen LogP contribution in [-0.4, -0.2) is 23.1 Å². The first kappa shape index (κ1) is 9.59. The minimum atomic E-state index is 0.852. The molecule has 1 unspecified atom stereocenters. The standard InChI is InChI=1S/C11H17N3/c1-9-13-7-5-11(14-9)3-2-10-4-6-12-8-10/h5,7,10,12H,2-4,6,8H2,1H3. The Morgan fingerprint density at radius 1 is 1.57 bits per heavy atom. The molecule has 0 aliphatic carbocycles. The van der Waals surface area contributed by atoms with Crippen LogP contribution in [0.25, 0.3) is 0 Å². The van der Waals surface area contributed by atoms with Gasteiger partial charge in [0, 0.05) is 11.9 Å². The van der Waals surface area contributed by atoms with Gasteiger partial charge < -0.3 is 5.32 Å². The van der Waals surface area contributed by atoms with Crippen LogP contribution in [-0.2, 0) is 6.42 Å². The lowest BCUT2D eigenvalue weighted by Gasteiger charge is -2.07. The molecular weight excluding hydrogens is 174 g/mol. The lowest BCUT2D eigenvalue weighted by Crippen LogP contribution is -2.09. The number of hydrogen-bond acceptors (Lipinski definition) is 3. The fourth-order valence-electron chi connectivity index (χ4n) is 1.96. The third kappa shape index (κ3) is 2.51. The molecule has 0 aromatic carbocycles. The van der Waals surface area contributed by atoms with E-state index in [-0.39, 0.29) is 0 Å². The molecular formula is C11H17N3. The summed E-state index contributed by atoms with van der Waals surface area (Å²) in [7, 11) is 0. The smallest absolute Gasteiger partial charge is 0.125 e. The normalized spacial score (nSPS) is 21.4. The van der Waals surface area contributed by atoms with Crippen molar-refractivity contribution in [2.24, 2.45) is 5.92 Å². The van der Waals surface area contributed by atoms with Gasteiger partial charge in [-0.2, -0.15) is 0 Å². The van der Waals surface area contributed by atoms with Gasteiger partial charge in [0.2, 0.25) is 0 Å². The average molecular weight is 191 g/mol. The zero-order valence-corrected chi connectivity index (χ0v) is 8.66. The van der Waals surface area contributed by atoms with Crippen molar-refractivity contribution in [3.63, 3.8) is 0 Å². The van der Waals surface area contributed by atoms with E-state index >= 15 is 0 Å². The number of hydrogen-bond donors (Lipinski definition) is 1. The summed E-state index contributed by atoms with van der Waals surface area (Å²) in [6.45, 7) is 4.32. The van der Waals surface area contributed by atoms with Gasteiger partial charge in [0.15, 0.2) is 0 Å². The van der Waals surface area contributed by atoms with E-state index in [1.54, 1.807) is 0 Å². The van der Waals surface area contributed by atoms with E-state index in [0.29, 0.717) is 0 Å². The molecule has 1 aromatic heterocycles. The molecule has 0 saturated carbocycles. The predicted octanol–water partition coefficient (Wildman–Crippen LogP) is 1.33. The highest BCUT2D eigenvalue weighted by Crippen LogP contribution is 2.14. The molecule has 0 amide bonds. The van der Waals surface area contributed by atoms with Gasteiger partial charge in [0.05, 0.1) is 0 Å². The predicted molar refractivity (Wildman–Crippen MR) is 56.1 cm³/mol. The molecule has 1 atom stereocenters. The highest BCUT2D eigenvalue weighted by atomic mass is 14.9. The minimum absolute atomic E-state index is 0.852. The van der Waals surface area contributed by atoms with E-state index in [9.17, 15) is 0 Å². The van der Waals surface area contributed by atoms with Crippen LogP contribution in [0.3, 0.4) is 0 Å². The van der Waals surface area contributed by atoms with Gasteiger partial charge >= 0.3 is 0 Å². The second kappa shape index (κ2) is 4.51. The second-order valence-electron chi connectivity index (χ2n) is 3.99. The molecule has 3 nitrogen and oxygen atoms in total. The summed E-state index contributed by atoms with van der Waals surface area (Å²) < 4.78 is 0. The van der Waals surface area contributed by atoms with Gasteiger partial charge in [-0.3, -0.25) is 0 Å². The average Bonchev–Trinajstić information content (AvgIpc) is 2.67. The van der Waals surface area contributed by atoms with Crippen LogP contribution in [0, 0.1) is 12.8 Å². The minimum Gasteiger partial charge on any atom is -0.316 e. The summed E-state index contributed by atoms with van der Waals surface area (Å²) in [5.41, 5.74) is 1.18. The molecule has 1 aliphatic heterocycles. The Labute approximate surface area is 85.0 Å². The quantitative estimate of drug-likeness (QED) is 0.783. The maximum atomic E-state index is 4.40. The van der Waals surface area contributed by atoms with Crippen molar-refractivity contribution in [1.29, 1.82) is 0 Å². The maximum absolute atomic E-state index is 4.40. The van der Waals surface area contributed by atoms with Crippen molar-refractivity contribution in [3.8, 4) is 0 Å². The van der Waals surface area contributed by atoms with E-state index in [2.05, 4.69) is 15.3 Å². The number of nitrogens with one attached hydrogen (secondary N) is 1. The number of aryl methyl sites for hydroxylation is 2. The van der Waals surface area contributed by atoms with E-state index in [4.69, 9.17) is 0 Å². The summed E-state index contributed by atoms with van der Waals surface area (Å²) in [5.74, 6) is 1.73. The summed E-state index contributed by atoms with van der Waals surface area (Å²) in [6.07, 6.45) is 5.52. The van der Waals surface area contributed by atoms with Crippen LogP contribution in [0.2, 0.25) is 0 Å². The Bertz CT molecular complexity index is 292. The summed E-state index contributed by atoms with van der Waals surface area (Å²) in [4.78, 5) is 8.50. The van der Waals surface area contributed by atoms with E-state index in [1.807, 2.05) is 19.2 Å². The van der Waals surface area contributed by atoms with Gasteiger partial charge in [-0.15, -0.1) is 0 Å². The Balaban J connectivity index is 1.85. The van der Waals surface area contributed by atoms with Crippen molar-refractivity contribution in [3.05, 3.63) is 23.8 Å². The summed E-state index contributed by atoms with van der Waals surface area (Å²) in [5, 5.41) is 3.39. The van der Waals surface area contributed by atoms with Crippen molar-refractivity contribution in [2.75, 3.05) is 13.1 Å². The first-order valence-electron chi connectivity index (χ1n) is 5.34. The highest BCUT2D eigenvalue weighted by molar-refractivity contribution is 5.01. The molecule has 1 fully saturated rings. The SMILES string of the molecule is Cc1nccc(CCC2CCNC2)n1. The molecule has 2 heterocycles. The van der Waals surface area contributed by atoms with Crippen molar-refractivity contribution >= 4 is 0 Å². The number of nitrogens with zero attached hydrogens (tertiary/aromatic N) is 2. The lowest BCUT2D eigenvalue weighted by atomic mass is 10.0. The zero-order chi connectivity index (χ0) is 9.80. The summed E-state index contributed by atoms with van der Waals surface area (Å²) >= 11 is 0. The zero-order valence-electron chi connectivity index (χ0n) is 8.66. The van der Waals surface area contributed by atoms with Crippen molar-refractivity contribution in [2.45, 2.75) is 26.2 Å². The third-order valence-corrected chi connectivity index (χ3v) is 2.80. The van der Waals surface area contributed by atoms with Crippen LogP contribution in [0.5, 0.6) is 0 Å². The van der Waals surface area contributed by atoms with E-state index in [1.165, 1.54) is 31.6 Å². The first-order chi connectivity index (χ1) is 6.84. The van der Waals surface area contributed by atoms with Crippen molar-refractivity contribution in [1.82, 2.24) is 15.3 Å². The maximum Gasteiger partial charge on any atom is 0.125 e. The van der Waals surface area contributed by atoms with Gasteiger partial charge in [-0.25, -0.2) is 9.97 Å². The van der Waals surface area contributed by atoms with Gasteiger partial charge in [-0.1, -0.05) is 0 Å². The van der Waals surface area contributed by atoms with Crippen LogP contribution >= 0.6 is 0 Å². The molecule has 14 heavy (non-hydrogen) atoms. The van der Waals surface area contributed by atoms with Gasteiger partial charge in [-0.05, 0) is 51.3 Å². The fraction of sp³-hybridized carbons (Fsp3) is 0.636. The van der Waals surface area contributed by atoms with Crippen LogP contribution < -0.4 is 5.32 Å². The number of rotatable bonds is 3. The second-order valence-corrected chi connectivity index (χ2v) is 3.99. The Kier molecular flexibility index (Phi) is 3.09. The molecule has 76 valence electrons. The molecule has 2 rings (SSSR count). The van der Waals surface area contributed by atoms with Crippen LogP contribution in [0.15, 0.2) is 12.3 Å². The monoisotopic (exact) mass is 191 g/mol. The molecule has 1 aromatic rings. The van der Waals surface area contributed by atoms with Crippen LogP contribution in [0.1, 0.15) is 24.4 Å². The van der Waals surface area contributed by atoms with Crippen molar-refractivity contribution < 1.29 is 0 Å². The van der Waals surface area contributed by atoms with Gasteiger partial charge in [0.1, 0.15) is 5.82 Å². The van der Waals surface area contributed by atoms with Gasteiger partial charge in [0.25, 0.3) is 0 Å². The first-order valence-corrected chi connectivity index (χ1v) is 5.34. The highest BCUT2D eigenvalue weighted by Gasteiger charge is 2.13. The third-order valence-electron chi connectivity index (χ3n) is 2.80. The Morgan fingerprint density at radius 3 is 3.21 bits per heavy atom. The topological polar surface area (TPSA) is 37.8 Å². The Hall–Kier alpha value is -0.960. The lowest BCUT2D eigenvalue weighted by molar-refractivity contribution is 0.528. The molecule has 1 saturated heterocycles. The molecule has 1 aliphatic rings.